The first-order chi connectivity index (χ1) is 19.1. The highest BCUT2D eigenvalue weighted by molar-refractivity contribution is 6.10. The first-order valence-corrected chi connectivity index (χ1v) is 13.3. The lowest BCUT2D eigenvalue weighted by Crippen LogP contribution is -2.04. The van der Waals surface area contributed by atoms with Crippen LogP contribution < -0.4 is 0 Å². The minimum atomic E-state index is 0.956. The van der Waals surface area contributed by atoms with E-state index in [0.717, 1.165) is 33.9 Å². The summed E-state index contributed by atoms with van der Waals surface area (Å²) in [7, 11) is 0. The van der Waals surface area contributed by atoms with Gasteiger partial charge in [0, 0.05) is 51.9 Å². The summed E-state index contributed by atoms with van der Waals surface area (Å²) in [5.74, 6) is 0.956. The molecule has 0 bridgehead atoms. The van der Waals surface area contributed by atoms with Gasteiger partial charge in [-0.15, -0.1) is 0 Å². The second kappa shape index (κ2) is 9.10. The van der Waals surface area contributed by atoms with Crippen LogP contribution >= 0.6 is 0 Å². The molecule has 4 heteroatoms. The third-order valence-electron chi connectivity index (χ3n) is 7.65. The van der Waals surface area contributed by atoms with Crippen LogP contribution in [0.25, 0.3) is 55.7 Å². The number of pyridine rings is 1. The summed E-state index contributed by atoms with van der Waals surface area (Å²) in [5.41, 5.74) is 11.7. The van der Waals surface area contributed by atoms with Gasteiger partial charge in [0.1, 0.15) is 5.82 Å². The Morgan fingerprint density at radius 2 is 1.31 bits per heavy atom. The highest BCUT2D eigenvalue weighted by Gasteiger charge is 2.17. The van der Waals surface area contributed by atoms with Crippen LogP contribution in [0.1, 0.15) is 16.8 Å². The first-order valence-electron chi connectivity index (χ1n) is 13.3. The number of hydrogen-bond acceptors (Lipinski definition) is 2. The maximum absolute atomic E-state index is 4.83. The Bertz CT molecular complexity index is 1960. The first kappa shape index (κ1) is 23.2. The molecule has 39 heavy (non-hydrogen) atoms. The van der Waals surface area contributed by atoms with Gasteiger partial charge in [0.25, 0.3) is 0 Å². The molecule has 0 saturated heterocycles. The lowest BCUT2D eigenvalue weighted by Gasteiger charge is -2.16. The van der Waals surface area contributed by atoms with Crippen molar-refractivity contribution in [3.05, 3.63) is 132 Å². The molecular weight excluding hydrogens is 476 g/mol. The Kier molecular flexibility index (Phi) is 5.41. The number of rotatable bonds is 4. The summed E-state index contributed by atoms with van der Waals surface area (Å²) in [4.78, 5) is 9.16. The Labute approximate surface area is 227 Å². The minimum absolute atomic E-state index is 0.956. The van der Waals surface area contributed by atoms with Crippen molar-refractivity contribution in [2.75, 3.05) is 0 Å². The van der Waals surface area contributed by atoms with Crippen LogP contribution in [0.4, 0.5) is 0 Å². The van der Waals surface area contributed by atoms with E-state index in [-0.39, 0.29) is 0 Å². The monoisotopic (exact) mass is 504 g/mol. The molecule has 3 heterocycles. The van der Waals surface area contributed by atoms with Crippen molar-refractivity contribution in [3.8, 4) is 33.9 Å². The smallest absolute Gasteiger partial charge is 0.144 e. The van der Waals surface area contributed by atoms with Crippen molar-refractivity contribution < 1.29 is 0 Å². The number of aromatic nitrogens is 4. The van der Waals surface area contributed by atoms with E-state index in [9.17, 15) is 0 Å². The normalized spacial score (nSPS) is 11.5. The molecule has 3 aromatic heterocycles. The molecule has 7 rings (SSSR count). The quantitative estimate of drug-likeness (QED) is 0.240. The Hall–Kier alpha value is -4.96. The lowest BCUT2D eigenvalue weighted by molar-refractivity contribution is 0.987. The number of para-hydroxylation sites is 2. The van der Waals surface area contributed by atoms with Crippen molar-refractivity contribution in [2.45, 2.75) is 20.8 Å². The van der Waals surface area contributed by atoms with Crippen LogP contribution in [-0.2, 0) is 0 Å². The molecule has 0 N–H and O–H groups in total. The summed E-state index contributed by atoms with van der Waals surface area (Å²) >= 11 is 0. The summed E-state index contributed by atoms with van der Waals surface area (Å²) < 4.78 is 4.64. The van der Waals surface area contributed by atoms with Gasteiger partial charge in [-0.1, -0.05) is 54.6 Å². The molecule has 0 atom stereocenters. The van der Waals surface area contributed by atoms with Gasteiger partial charge < -0.3 is 4.57 Å². The number of nitrogens with zero attached hydrogens (tertiary/aromatic N) is 4. The van der Waals surface area contributed by atoms with Crippen molar-refractivity contribution in [1.29, 1.82) is 0 Å². The van der Waals surface area contributed by atoms with E-state index >= 15 is 0 Å². The molecule has 0 unspecified atom stereocenters. The predicted molar refractivity (Wildman–Crippen MR) is 161 cm³/mol. The number of aryl methyl sites for hydroxylation is 3. The number of imidazole rings is 1. The van der Waals surface area contributed by atoms with Crippen LogP contribution in [0.3, 0.4) is 0 Å². The van der Waals surface area contributed by atoms with Crippen molar-refractivity contribution in [1.82, 2.24) is 19.1 Å². The molecule has 0 fully saturated rings. The molecule has 4 nitrogen and oxygen atoms in total. The van der Waals surface area contributed by atoms with Crippen molar-refractivity contribution in [3.63, 3.8) is 0 Å². The van der Waals surface area contributed by atoms with E-state index in [2.05, 4.69) is 126 Å². The molecule has 0 amide bonds. The fourth-order valence-electron chi connectivity index (χ4n) is 5.80. The van der Waals surface area contributed by atoms with Crippen molar-refractivity contribution >= 4 is 21.8 Å². The van der Waals surface area contributed by atoms with Gasteiger partial charge in [0.2, 0.25) is 0 Å². The number of benzene rings is 4. The fraction of sp³-hybridized carbons (Fsp3) is 0.0857. The number of fused-ring (bicyclic) bond motifs is 3. The van der Waals surface area contributed by atoms with E-state index in [0.29, 0.717) is 0 Å². The lowest BCUT2D eigenvalue weighted by atomic mass is 10.1. The molecule has 0 aliphatic heterocycles. The van der Waals surface area contributed by atoms with Gasteiger partial charge in [-0.05, 0) is 79.9 Å². The molecule has 0 saturated carbocycles. The predicted octanol–water partition coefficient (Wildman–Crippen LogP) is 8.62. The third-order valence-corrected chi connectivity index (χ3v) is 7.65. The average molecular weight is 505 g/mol. The molecule has 0 radical (unpaired) electrons. The fourth-order valence-corrected chi connectivity index (χ4v) is 5.80. The summed E-state index contributed by atoms with van der Waals surface area (Å²) in [6.07, 6.45) is 5.69. The highest BCUT2D eigenvalue weighted by atomic mass is 15.1. The summed E-state index contributed by atoms with van der Waals surface area (Å²) in [5, 5.41) is 2.49. The molecule has 0 spiro atoms. The topological polar surface area (TPSA) is 35.6 Å². The van der Waals surface area contributed by atoms with E-state index < -0.39 is 0 Å². The van der Waals surface area contributed by atoms with Crippen LogP contribution in [-0.4, -0.2) is 19.1 Å². The van der Waals surface area contributed by atoms with E-state index in [1.807, 2.05) is 24.7 Å². The molecule has 4 aromatic carbocycles. The van der Waals surface area contributed by atoms with Crippen molar-refractivity contribution in [2.24, 2.45) is 0 Å². The van der Waals surface area contributed by atoms with E-state index in [4.69, 9.17) is 4.98 Å². The van der Waals surface area contributed by atoms with Gasteiger partial charge in [-0.25, -0.2) is 4.98 Å². The second-order valence-electron chi connectivity index (χ2n) is 10.2. The van der Waals surface area contributed by atoms with E-state index in [1.165, 1.54) is 38.6 Å². The number of hydrogen-bond donors (Lipinski definition) is 0. The highest BCUT2D eigenvalue weighted by Crippen LogP contribution is 2.35. The van der Waals surface area contributed by atoms with Gasteiger partial charge in [-0.2, -0.15) is 0 Å². The largest absolute Gasteiger partial charge is 0.309 e. The third kappa shape index (κ3) is 3.76. The standard InChI is InChI=1S/C35H28N4/c1-23-8-6-9-24(2)34(23)38-25(3)21-37-35(38)26-13-16-29(17-14-26)39-32-12-5-4-11-30(32)31-18-15-27(20-33(31)39)28-10-7-19-36-22-28/h4-22H,1-3H3. The molecule has 7 aromatic rings. The van der Waals surface area contributed by atoms with Crippen LogP contribution in [0.15, 0.2) is 116 Å². The summed E-state index contributed by atoms with van der Waals surface area (Å²) in [6.45, 7) is 6.45. The van der Waals surface area contributed by atoms with Crippen LogP contribution in [0.2, 0.25) is 0 Å². The zero-order valence-electron chi connectivity index (χ0n) is 22.3. The maximum atomic E-state index is 4.83. The maximum Gasteiger partial charge on any atom is 0.144 e. The van der Waals surface area contributed by atoms with Crippen LogP contribution in [0, 0.1) is 20.8 Å². The molecular formula is C35H28N4. The second-order valence-corrected chi connectivity index (χ2v) is 10.2. The average Bonchev–Trinajstić information content (AvgIpc) is 3.51. The van der Waals surface area contributed by atoms with Gasteiger partial charge in [-0.3, -0.25) is 9.55 Å². The summed E-state index contributed by atoms with van der Waals surface area (Å²) in [6, 6.07) is 34.6. The Morgan fingerprint density at radius 1 is 0.564 bits per heavy atom. The van der Waals surface area contributed by atoms with Crippen LogP contribution in [0.5, 0.6) is 0 Å². The minimum Gasteiger partial charge on any atom is -0.309 e. The molecule has 0 aliphatic rings. The van der Waals surface area contributed by atoms with E-state index in [1.54, 1.807) is 0 Å². The Morgan fingerprint density at radius 3 is 2.08 bits per heavy atom. The molecule has 188 valence electrons. The van der Waals surface area contributed by atoms with Gasteiger partial charge >= 0.3 is 0 Å². The molecule has 0 aliphatic carbocycles. The van der Waals surface area contributed by atoms with Gasteiger partial charge in [0.05, 0.1) is 16.7 Å². The SMILES string of the molecule is Cc1cccc(C)c1-n1c(C)cnc1-c1ccc(-n2c3ccccc3c3ccc(-c4cccnc4)cc32)cc1. The zero-order valence-corrected chi connectivity index (χ0v) is 22.3. The zero-order chi connectivity index (χ0) is 26.5. The van der Waals surface area contributed by atoms with Gasteiger partial charge in [0.15, 0.2) is 0 Å². The Balaban J connectivity index is 1.39.